The highest BCUT2D eigenvalue weighted by Crippen LogP contribution is 2.16. The number of hydrogen-bond donors (Lipinski definition) is 1. The molecular weight excluding hydrogens is 218 g/mol. The van der Waals surface area contributed by atoms with Crippen molar-refractivity contribution in [3.05, 3.63) is 35.4 Å². The second-order valence-corrected chi connectivity index (χ2v) is 4.82. The Bertz CT molecular complexity index is 372. The SMILES string of the molecule is O=C(S)Cc1ccccc1CN1CCCC1. The van der Waals surface area contributed by atoms with Crippen LogP contribution in [0.4, 0.5) is 0 Å². The van der Waals surface area contributed by atoms with Crippen LogP contribution in [0.2, 0.25) is 0 Å². The normalized spacial score (nSPS) is 16.6. The summed E-state index contributed by atoms with van der Waals surface area (Å²) >= 11 is 3.85. The maximum atomic E-state index is 11.1. The molecule has 1 aliphatic heterocycles. The van der Waals surface area contributed by atoms with E-state index >= 15 is 0 Å². The minimum Gasteiger partial charge on any atom is -0.299 e. The van der Waals surface area contributed by atoms with Gasteiger partial charge in [-0.05, 0) is 37.1 Å². The summed E-state index contributed by atoms with van der Waals surface area (Å²) < 4.78 is 0. The third-order valence-corrected chi connectivity index (χ3v) is 3.21. The quantitative estimate of drug-likeness (QED) is 0.808. The Balaban J connectivity index is 2.09. The van der Waals surface area contributed by atoms with E-state index in [4.69, 9.17) is 0 Å². The Morgan fingerprint density at radius 3 is 2.44 bits per heavy atom. The van der Waals surface area contributed by atoms with Gasteiger partial charge in [0.2, 0.25) is 0 Å². The van der Waals surface area contributed by atoms with E-state index in [0.29, 0.717) is 6.42 Å². The van der Waals surface area contributed by atoms with Crippen molar-refractivity contribution in [3.63, 3.8) is 0 Å². The summed E-state index contributed by atoms with van der Waals surface area (Å²) in [7, 11) is 0. The molecule has 1 heterocycles. The molecule has 1 saturated heterocycles. The summed E-state index contributed by atoms with van der Waals surface area (Å²) in [6.07, 6.45) is 3.04. The van der Waals surface area contributed by atoms with Crippen molar-refractivity contribution < 1.29 is 4.79 Å². The molecule has 0 amide bonds. The van der Waals surface area contributed by atoms with Crippen LogP contribution in [0.5, 0.6) is 0 Å². The van der Waals surface area contributed by atoms with E-state index in [0.717, 1.165) is 12.1 Å². The topological polar surface area (TPSA) is 20.3 Å². The van der Waals surface area contributed by atoms with Crippen LogP contribution in [0, 0.1) is 0 Å². The van der Waals surface area contributed by atoms with Gasteiger partial charge in [0.15, 0.2) is 5.12 Å². The van der Waals surface area contributed by atoms with Crippen LogP contribution in [0.25, 0.3) is 0 Å². The number of nitrogens with zero attached hydrogens (tertiary/aromatic N) is 1. The van der Waals surface area contributed by atoms with Crippen LogP contribution >= 0.6 is 12.6 Å². The lowest BCUT2D eigenvalue weighted by atomic mass is 10.0. The highest BCUT2D eigenvalue weighted by molar-refractivity contribution is 7.96. The van der Waals surface area contributed by atoms with E-state index in [9.17, 15) is 4.79 Å². The van der Waals surface area contributed by atoms with E-state index in [2.05, 4.69) is 23.6 Å². The number of carbonyl (C=O) groups is 1. The van der Waals surface area contributed by atoms with Crippen molar-refractivity contribution in [3.8, 4) is 0 Å². The Labute approximate surface area is 102 Å². The molecule has 0 radical (unpaired) electrons. The fraction of sp³-hybridized carbons (Fsp3) is 0.462. The summed E-state index contributed by atoms with van der Waals surface area (Å²) in [5.74, 6) is 0. The van der Waals surface area contributed by atoms with Gasteiger partial charge in [-0.1, -0.05) is 24.3 Å². The monoisotopic (exact) mass is 235 g/mol. The Morgan fingerprint density at radius 2 is 1.81 bits per heavy atom. The minimum atomic E-state index is -0.0612. The molecule has 0 saturated carbocycles. The lowest BCUT2D eigenvalue weighted by Crippen LogP contribution is -2.19. The standard InChI is InChI=1S/C13H17NOS/c15-13(16)9-11-5-1-2-6-12(11)10-14-7-3-4-8-14/h1-2,5-6H,3-4,7-10H2,(H,15,16). The zero-order valence-electron chi connectivity index (χ0n) is 9.35. The minimum absolute atomic E-state index is 0.0612. The summed E-state index contributed by atoms with van der Waals surface area (Å²) in [5, 5.41) is -0.0612. The zero-order valence-corrected chi connectivity index (χ0v) is 10.2. The molecule has 0 aromatic heterocycles. The van der Waals surface area contributed by atoms with Gasteiger partial charge in [-0.25, -0.2) is 0 Å². The molecule has 0 atom stereocenters. The highest BCUT2D eigenvalue weighted by atomic mass is 32.1. The van der Waals surface area contributed by atoms with E-state index in [1.54, 1.807) is 0 Å². The van der Waals surface area contributed by atoms with Crippen LogP contribution in [0.1, 0.15) is 24.0 Å². The average Bonchev–Trinajstić information content (AvgIpc) is 2.73. The smallest absolute Gasteiger partial charge is 0.190 e. The summed E-state index contributed by atoms with van der Waals surface area (Å²) in [6.45, 7) is 3.34. The molecule has 2 nitrogen and oxygen atoms in total. The molecule has 1 aromatic carbocycles. The molecule has 16 heavy (non-hydrogen) atoms. The summed E-state index contributed by atoms with van der Waals surface area (Å²) in [4.78, 5) is 13.5. The first-order valence-corrected chi connectivity index (χ1v) is 6.21. The number of likely N-dealkylation sites (tertiary alicyclic amines) is 1. The van der Waals surface area contributed by atoms with Gasteiger partial charge in [0.25, 0.3) is 0 Å². The Kier molecular flexibility index (Phi) is 4.02. The average molecular weight is 235 g/mol. The third kappa shape index (κ3) is 3.09. The van der Waals surface area contributed by atoms with Gasteiger partial charge in [-0.15, -0.1) is 12.6 Å². The number of benzene rings is 1. The van der Waals surface area contributed by atoms with Gasteiger partial charge >= 0.3 is 0 Å². The molecule has 0 N–H and O–H groups in total. The van der Waals surface area contributed by atoms with Gasteiger partial charge in [0, 0.05) is 13.0 Å². The first-order valence-electron chi connectivity index (χ1n) is 5.76. The number of carbonyl (C=O) groups excluding carboxylic acids is 1. The Morgan fingerprint density at radius 1 is 1.19 bits per heavy atom. The fourth-order valence-corrected chi connectivity index (χ4v) is 2.40. The summed E-state index contributed by atoms with van der Waals surface area (Å²) in [5.41, 5.74) is 2.39. The van der Waals surface area contributed by atoms with Crippen molar-refractivity contribution in [2.24, 2.45) is 0 Å². The first kappa shape index (κ1) is 11.7. The Hall–Kier alpha value is -0.800. The molecule has 0 spiro atoms. The third-order valence-electron chi connectivity index (χ3n) is 3.05. The lowest BCUT2D eigenvalue weighted by Gasteiger charge is -2.16. The van der Waals surface area contributed by atoms with Crippen molar-refractivity contribution in [2.75, 3.05) is 13.1 Å². The second-order valence-electron chi connectivity index (χ2n) is 4.32. The predicted octanol–water partition coefficient (Wildman–Crippen LogP) is 2.28. The van der Waals surface area contributed by atoms with Crippen LogP contribution in [0.3, 0.4) is 0 Å². The number of rotatable bonds is 4. The molecule has 86 valence electrons. The van der Waals surface area contributed by atoms with E-state index in [-0.39, 0.29) is 5.12 Å². The van der Waals surface area contributed by atoms with E-state index < -0.39 is 0 Å². The van der Waals surface area contributed by atoms with Crippen molar-refractivity contribution in [1.82, 2.24) is 4.90 Å². The summed E-state index contributed by atoms with van der Waals surface area (Å²) in [6, 6.07) is 8.17. The first-order chi connectivity index (χ1) is 7.75. The molecule has 3 heteroatoms. The van der Waals surface area contributed by atoms with Crippen molar-refractivity contribution in [1.29, 1.82) is 0 Å². The molecule has 2 rings (SSSR count). The zero-order chi connectivity index (χ0) is 11.4. The number of thiol groups is 1. The van der Waals surface area contributed by atoms with Crippen LogP contribution in [0.15, 0.2) is 24.3 Å². The molecule has 0 aliphatic carbocycles. The molecule has 1 aliphatic rings. The second kappa shape index (κ2) is 5.51. The van der Waals surface area contributed by atoms with Gasteiger partial charge in [0.1, 0.15) is 0 Å². The maximum Gasteiger partial charge on any atom is 0.190 e. The van der Waals surface area contributed by atoms with Crippen molar-refractivity contribution >= 4 is 17.7 Å². The highest BCUT2D eigenvalue weighted by Gasteiger charge is 2.13. The van der Waals surface area contributed by atoms with E-state index in [1.807, 2.05) is 18.2 Å². The van der Waals surface area contributed by atoms with Gasteiger partial charge in [-0.3, -0.25) is 9.69 Å². The molecular formula is C13H17NOS. The van der Waals surface area contributed by atoms with Gasteiger partial charge < -0.3 is 0 Å². The van der Waals surface area contributed by atoms with Gasteiger partial charge in [0.05, 0.1) is 0 Å². The van der Waals surface area contributed by atoms with Crippen LogP contribution in [-0.2, 0) is 17.8 Å². The largest absolute Gasteiger partial charge is 0.299 e. The van der Waals surface area contributed by atoms with Gasteiger partial charge in [-0.2, -0.15) is 0 Å². The maximum absolute atomic E-state index is 11.1. The predicted molar refractivity (Wildman–Crippen MR) is 68.7 cm³/mol. The number of hydrogen-bond acceptors (Lipinski definition) is 2. The van der Waals surface area contributed by atoms with Crippen molar-refractivity contribution in [2.45, 2.75) is 25.8 Å². The van der Waals surface area contributed by atoms with E-state index in [1.165, 1.54) is 31.5 Å². The van der Waals surface area contributed by atoms with Crippen LogP contribution in [-0.4, -0.2) is 23.1 Å². The molecule has 1 aromatic rings. The molecule has 1 fully saturated rings. The fourth-order valence-electron chi connectivity index (χ4n) is 2.23. The molecule has 0 bridgehead atoms. The lowest BCUT2D eigenvalue weighted by molar-refractivity contribution is -0.110. The van der Waals surface area contributed by atoms with Crippen LogP contribution < -0.4 is 0 Å². The molecule has 0 unspecified atom stereocenters.